The summed E-state index contributed by atoms with van der Waals surface area (Å²) in [5, 5.41) is 18.8. The van der Waals surface area contributed by atoms with Gasteiger partial charge in [-0.1, -0.05) is 60.7 Å². The van der Waals surface area contributed by atoms with Crippen molar-refractivity contribution in [3.05, 3.63) is 102 Å². The minimum absolute atomic E-state index is 0.119. The van der Waals surface area contributed by atoms with Crippen LogP contribution in [0.1, 0.15) is 29.5 Å². The zero-order valence-corrected chi connectivity index (χ0v) is 24.9. The highest BCUT2D eigenvalue weighted by atomic mass is 16.3. The Kier molecular flexibility index (Phi) is 10.1. The number of carbonyl (C=O) groups excluding carboxylic acids is 4. The molecule has 3 aromatic carbocycles. The number of rotatable bonds is 12. The molecule has 0 aliphatic carbocycles. The lowest BCUT2D eigenvalue weighted by atomic mass is 10.0. The van der Waals surface area contributed by atoms with Crippen molar-refractivity contribution in [1.82, 2.24) is 25.8 Å². The van der Waals surface area contributed by atoms with E-state index in [1.54, 1.807) is 18.3 Å². The molecule has 45 heavy (non-hydrogen) atoms. The van der Waals surface area contributed by atoms with Crippen LogP contribution < -0.4 is 21.7 Å². The highest BCUT2D eigenvalue weighted by Gasteiger charge is 2.37. The third kappa shape index (κ3) is 8.07. The van der Waals surface area contributed by atoms with Gasteiger partial charge in [0.05, 0.1) is 12.6 Å². The van der Waals surface area contributed by atoms with Crippen LogP contribution in [0.15, 0.2) is 85.1 Å². The Morgan fingerprint density at radius 3 is 2.42 bits per heavy atom. The number of nitrogens with zero attached hydrogens (tertiary/aromatic N) is 1. The van der Waals surface area contributed by atoms with Gasteiger partial charge in [0, 0.05) is 36.6 Å². The van der Waals surface area contributed by atoms with Crippen molar-refractivity contribution in [1.29, 1.82) is 0 Å². The average molecular weight is 611 g/mol. The van der Waals surface area contributed by atoms with Crippen LogP contribution in [0.25, 0.3) is 10.9 Å². The van der Waals surface area contributed by atoms with E-state index in [0.717, 1.165) is 27.6 Å². The van der Waals surface area contributed by atoms with Crippen molar-refractivity contribution < 1.29 is 24.3 Å². The van der Waals surface area contributed by atoms with Gasteiger partial charge in [0.1, 0.15) is 17.8 Å². The predicted molar refractivity (Wildman–Crippen MR) is 170 cm³/mol. The highest BCUT2D eigenvalue weighted by molar-refractivity contribution is 5.95. The second-order valence-electron chi connectivity index (χ2n) is 11.3. The molecule has 3 atom stereocenters. The van der Waals surface area contributed by atoms with E-state index in [2.05, 4.69) is 20.9 Å². The molecule has 4 aromatic rings. The Morgan fingerprint density at radius 2 is 1.64 bits per heavy atom. The van der Waals surface area contributed by atoms with E-state index in [-0.39, 0.29) is 37.0 Å². The fraction of sp³-hybridized carbons (Fsp3) is 0.294. The fourth-order valence-electron chi connectivity index (χ4n) is 5.64. The van der Waals surface area contributed by atoms with E-state index >= 15 is 0 Å². The van der Waals surface area contributed by atoms with Gasteiger partial charge in [0.25, 0.3) is 0 Å². The molecule has 3 unspecified atom stereocenters. The molecule has 0 spiro atoms. The van der Waals surface area contributed by atoms with Crippen LogP contribution in [0.3, 0.4) is 0 Å². The summed E-state index contributed by atoms with van der Waals surface area (Å²) in [5.74, 6) is -1.56. The summed E-state index contributed by atoms with van der Waals surface area (Å²) in [4.78, 5) is 57.6. The van der Waals surface area contributed by atoms with Gasteiger partial charge in [0.15, 0.2) is 0 Å². The maximum Gasteiger partial charge on any atom is 0.243 e. The number of fused-ring (bicyclic) bond motifs is 1. The number of para-hydroxylation sites is 1. The first-order valence-corrected chi connectivity index (χ1v) is 15.1. The molecule has 11 heteroatoms. The third-order valence-electron chi connectivity index (χ3n) is 8.04. The zero-order chi connectivity index (χ0) is 31.8. The van der Waals surface area contributed by atoms with E-state index in [4.69, 9.17) is 5.73 Å². The van der Waals surface area contributed by atoms with Crippen molar-refractivity contribution >= 4 is 34.5 Å². The summed E-state index contributed by atoms with van der Waals surface area (Å²) in [5.41, 5.74) is 9.71. The molecule has 1 aromatic heterocycles. The molecule has 11 nitrogen and oxygen atoms in total. The van der Waals surface area contributed by atoms with Gasteiger partial charge in [-0.3, -0.25) is 19.2 Å². The van der Waals surface area contributed by atoms with Crippen LogP contribution >= 0.6 is 0 Å². The summed E-state index contributed by atoms with van der Waals surface area (Å²) in [7, 11) is 0. The van der Waals surface area contributed by atoms with Gasteiger partial charge in [-0.2, -0.15) is 0 Å². The average Bonchev–Trinajstić information content (AvgIpc) is 3.71. The van der Waals surface area contributed by atoms with Gasteiger partial charge in [-0.05, 0) is 54.2 Å². The molecule has 0 radical (unpaired) electrons. The van der Waals surface area contributed by atoms with Crippen molar-refractivity contribution in [3.8, 4) is 5.75 Å². The van der Waals surface area contributed by atoms with E-state index in [1.807, 2.05) is 54.6 Å². The molecule has 1 aliphatic heterocycles. The Balaban J connectivity index is 1.25. The lowest BCUT2D eigenvalue weighted by Crippen LogP contribution is -2.56. The molecule has 4 amide bonds. The van der Waals surface area contributed by atoms with Crippen molar-refractivity contribution in [3.63, 3.8) is 0 Å². The maximum absolute atomic E-state index is 13.6. The number of benzene rings is 3. The summed E-state index contributed by atoms with van der Waals surface area (Å²) in [6, 6.07) is 20.9. The first-order valence-electron chi connectivity index (χ1n) is 15.1. The van der Waals surface area contributed by atoms with Crippen LogP contribution in [-0.2, 0) is 38.6 Å². The fourth-order valence-corrected chi connectivity index (χ4v) is 5.64. The van der Waals surface area contributed by atoms with Gasteiger partial charge in [0.2, 0.25) is 23.6 Å². The van der Waals surface area contributed by atoms with Gasteiger partial charge in [-0.15, -0.1) is 0 Å². The molecule has 2 heterocycles. The van der Waals surface area contributed by atoms with Gasteiger partial charge < -0.3 is 36.7 Å². The Bertz CT molecular complexity index is 1640. The number of likely N-dealkylation sites (tertiary alicyclic amines) is 1. The summed E-state index contributed by atoms with van der Waals surface area (Å²) in [6.45, 7) is 0.443. The number of phenols is 1. The van der Waals surface area contributed by atoms with E-state index in [9.17, 15) is 24.3 Å². The number of aromatic nitrogens is 1. The number of H-pyrrole nitrogens is 1. The third-order valence-corrected chi connectivity index (χ3v) is 8.04. The quantitative estimate of drug-likeness (QED) is 0.143. The van der Waals surface area contributed by atoms with Crippen LogP contribution in [0, 0.1) is 0 Å². The minimum atomic E-state index is -0.998. The molecule has 7 N–H and O–H groups in total. The second kappa shape index (κ2) is 14.5. The monoisotopic (exact) mass is 610 g/mol. The van der Waals surface area contributed by atoms with E-state index in [0.29, 0.717) is 25.9 Å². The maximum atomic E-state index is 13.6. The SMILES string of the molecule is NC(Cc1ccc(O)cc1)C(=O)N1CCCC1C(=O)NC(Cc1c[nH]c2ccccc12)C(=O)NCC(=O)NCc1ccccc1. The largest absolute Gasteiger partial charge is 0.508 e. The number of nitrogens with one attached hydrogen (secondary N) is 4. The minimum Gasteiger partial charge on any atom is -0.508 e. The number of aromatic hydroxyl groups is 1. The molecular weight excluding hydrogens is 572 g/mol. The Labute approximate surface area is 261 Å². The van der Waals surface area contributed by atoms with Crippen molar-refractivity contribution in [2.24, 2.45) is 5.73 Å². The molecule has 0 bridgehead atoms. The molecule has 1 saturated heterocycles. The topological polar surface area (TPSA) is 170 Å². The summed E-state index contributed by atoms with van der Waals surface area (Å²) >= 11 is 0. The van der Waals surface area contributed by atoms with E-state index < -0.39 is 29.9 Å². The van der Waals surface area contributed by atoms with Crippen LogP contribution in [0.2, 0.25) is 0 Å². The van der Waals surface area contributed by atoms with Crippen molar-refractivity contribution in [2.75, 3.05) is 13.1 Å². The molecule has 0 saturated carbocycles. The lowest BCUT2D eigenvalue weighted by molar-refractivity contribution is -0.140. The first kappa shape index (κ1) is 31.3. The van der Waals surface area contributed by atoms with Crippen LogP contribution in [-0.4, -0.2) is 69.8 Å². The van der Waals surface area contributed by atoms with Crippen molar-refractivity contribution in [2.45, 2.75) is 50.4 Å². The summed E-state index contributed by atoms with van der Waals surface area (Å²) < 4.78 is 0. The molecule has 5 rings (SSSR count). The van der Waals surface area contributed by atoms with Crippen LogP contribution in [0.4, 0.5) is 0 Å². The standard InChI is InChI=1S/C34H38N6O5/c35-27(17-22-12-14-25(41)15-13-22)34(45)40-16-6-11-30(40)33(44)39-29(18-24-20-36-28-10-5-4-9-26(24)28)32(43)38-21-31(42)37-19-23-7-2-1-3-8-23/h1-5,7-10,12-15,20,27,29-30,36,41H,6,11,16-19,21,35H2,(H,37,42)(H,38,43)(H,39,44). The van der Waals surface area contributed by atoms with Crippen LogP contribution in [0.5, 0.6) is 5.75 Å². The number of nitrogens with two attached hydrogens (primary N) is 1. The number of phenolic OH excluding ortho intramolecular Hbond substituents is 1. The second-order valence-corrected chi connectivity index (χ2v) is 11.3. The Morgan fingerprint density at radius 1 is 0.911 bits per heavy atom. The first-order chi connectivity index (χ1) is 21.8. The van der Waals surface area contributed by atoms with Gasteiger partial charge in [-0.25, -0.2) is 0 Å². The van der Waals surface area contributed by atoms with E-state index in [1.165, 1.54) is 17.0 Å². The predicted octanol–water partition coefficient (Wildman–Crippen LogP) is 1.89. The molecule has 1 fully saturated rings. The van der Waals surface area contributed by atoms with Gasteiger partial charge >= 0.3 is 0 Å². The zero-order valence-electron chi connectivity index (χ0n) is 24.9. The Hall–Kier alpha value is -5.16. The number of hydrogen-bond donors (Lipinski definition) is 6. The number of hydrogen-bond acceptors (Lipinski definition) is 6. The normalized spacial score (nSPS) is 15.8. The summed E-state index contributed by atoms with van der Waals surface area (Å²) in [6.07, 6.45) is 3.29. The number of aromatic amines is 1. The lowest BCUT2D eigenvalue weighted by Gasteiger charge is -2.28. The molecular formula is C34H38N6O5. The molecule has 234 valence electrons. The highest BCUT2D eigenvalue weighted by Crippen LogP contribution is 2.22. The number of amides is 4. The molecule has 1 aliphatic rings. The smallest absolute Gasteiger partial charge is 0.243 e. The number of carbonyl (C=O) groups is 4.